The quantitative estimate of drug-likeness (QED) is 0.535. The molecule has 0 spiro atoms. The molecule has 1 atom stereocenters. The van der Waals surface area contributed by atoms with Crippen LogP contribution < -0.4 is 0 Å². The summed E-state index contributed by atoms with van der Waals surface area (Å²) in [6.45, 7) is -7.33. The molecule has 0 N–H and O–H groups in total. The van der Waals surface area contributed by atoms with Crippen LogP contribution in [0, 0.1) is 0 Å². The molecule has 1 aromatic carbocycles. The average molecular weight is 378 g/mol. The minimum Gasteiger partial charge on any atom is -0.315 e. The lowest BCUT2D eigenvalue weighted by Gasteiger charge is -2.22. The zero-order valence-corrected chi connectivity index (χ0v) is 12.5. The number of benzene rings is 1. The van der Waals surface area contributed by atoms with Crippen LogP contribution in [0.15, 0.2) is 30.9 Å². The number of nitrogens with zero attached hydrogens (tertiary/aromatic N) is 3. The van der Waals surface area contributed by atoms with Crippen LogP contribution in [0.25, 0.3) is 0 Å². The molecule has 1 unspecified atom stereocenters. The number of alkyl halides is 4. The summed E-state index contributed by atoms with van der Waals surface area (Å²) in [5, 5.41) is 2.98. The first-order chi connectivity index (χ1) is 12.7. The molecule has 126 valence electrons. The molecule has 0 amide bonds. The molecule has 0 saturated carbocycles. The molecule has 1 heterocycles. The van der Waals surface area contributed by atoms with Crippen LogP contribution in [-0.4, -0.2) is 33.9 Å². The van der Waals surface area contributed by atoms with E-state index >= 15 is 0 Å². The first-order valence-corrected chi connectivity index (χ1v) is 6.59. The SMILES string of the molecule is [2H]C([2H])(OC(F)(F)C(F)F)C([2H])(c1ccc(Cl)cc1Cl)[13C]([2H])([2H])n1cncn1. The molecular weight excluding hydrogens is 362 g/mol. The van der Waals surface area contributed by atoms with Gasteiger partial charge >= 0.3 is 12.5 Å². The van der Waals surface area contributed by atoms with Gasteiger partial charge in [-0.3, -0.25) is 4.68 Å². The lowest BCUT2D eigenvalue weighted by Crippen LogP contribution is -2.32. The Bertz CT molecular complexity index is 844. The van der Waals surface area contributed by atoms with Crippen molar-refractivity contribution in [2.24, 2.45) is 0 Å². The molecule has 1 aromatic heterocycles. The Morgan fingerprint density at radius 2 is 2.13 bits per heavy atom. The van der Waals surface area contributed by atoms with Gasteiger partial charge in [-0.2, -0.15) is 13.9 Å². The Balaban J connectivity index is 2.76. The summed E-state index contributed by atoms with van der Waals surface area (Å²) in [5.74, 6) is -3.46. The minimum atomic E-state index is -5.33. The summed E-state index contributed by atoms with van der Waals surface area (Å²) in [4.78, 5) is 3.46. The third-order valence-corrected chi connectivity index (χ3v) is 2.94. The van der Waals surface area contributed by atoms with Crippen LogP contribution >= 0.6 is 23.2 Å². The average Bonchev–Trinajstić information content (AvgIpc) is 3.07. The summed E-state index contributed by atoms with van der Waals surface area (Å²) in [7, 11) is 0. The minimum absolute atomic E-state index is 0.0109. The predicted octanol–water partition coefficient (Wildman–Crippen LogP) is 4.24. The molecule has 23 heavy (non-hydrogen) atoms. The first kappa shape index (κ1) is 12.0. The van der Waals surface area contributed by atoms with E-state index in [0.29, 0.717) is 4.68 Å². The van der Waals surface area contributed by atoms with E-state index in [0.717, 1.165) is 30.9 Å². The molecule has 10 heteroatoms. The van der Waals surface area contributed by atoms with Crippen molar-refractivity contribution in [3.05, 3.63) is 46.5 Å². The predicted molar refractivity (Wildman–Crippen MR) is 76.1 cm³/mol. The molecule has 0 aliphatic carbocycles. The van der Waals surface area contributed by atoms with Crippen LogP contribution in [-0.2, 0) is 11.2 Å². The van der Waals surface area contributed by atoms with Gasteiger partial charge in [-0.25, -0.2) is 13.8 Å². The second kappa shape index (κ2) is 7.46. The maximum atomic E-state index is 13.5. The van der Waals surface area contributed by atoms with Crippen LogP contribution in [0.2, 0.25) is 10.0 Å². The lowest BCUT2D eigenvalue weighted by atomic mass is 10.1. The van der Waals surface area contributed by atoms with Crippen LogP contribution in [0.1, 0.15) is 18.3 Å². The second-order valence-corrected chi connectivity index (χ2v) is 4.86. The summed E-state index contributed by atoms with van der Waals surface area (Å²) in [6.07, 6.45) is -8.18. The van der Waals surface area contributed by atoms with E-state index in [9.17, 15) is 17.6 Å². The smallest absolute Gasteiger partial charge is 0.315 e. The summed E-state index contributed by atoms with van der Waals surface area (Å²) < 4.78 is 96.6. The molecule has 0 radical (unpaired) electrons. The van der Waals surface area contributed by atoms with E-state index < -0.39 is 42.1 Å². The molecule has 2 rings (SSSR count). The maximum Gasteiger partial charge on any atom is 0.416 e. The van der Waals surface area contributed by atoms with Crippen molar-refractivity contribution in [2.75, 3.05) is 6.56 Å². The van der Waals surface area contributed by atoms with Crippen LogP contribution in [0.5, 0.6) is 0 Å². The van der Waals surface area contributed by atoms with Gasteiger partial charge < -0.3 is 4.74 Å². The van der Waals surface area contributed by atoms with Gasteiger partial charge in [0.15, 0.2) is 0 Å². The number of aromatic nitrogens is 3. The van der Waals surface area contributed by atoms with Crippen molar-refractivity contribution in [2.45, 2.75) is 24.9 Å². The van der Waals surface area contributed by atoms with Gasteiger partial charge in [-0.15, -0.1) is 0 Å². The zero-order chi connectivity index (χ0) is 21.5. The summed E-state index contributed by atoms with van der Waals surface area (Å²) >= 11 is 11.7. The van der Waals surface area contributed by atoms with Gasteiger partial charge in [0, 0.05) is 17.3 Å². The highest BCUT2D eigenvalue weighted by Gasteiger charge is 2.43. The van der Waals surface area contributed by atoms with Crippen molar-refractivity contribution >= 4 is 23.2 Å². The van der Waals surface area contributed by atoms with Crippen molar-refractivity contribution in [1.82, 2.24) is 14.8 Å². The fourth-order valence-electron chi connectivity index (χ4n) is 1.37. The fraction of sp³-hybridized carbons (Fsp3) is 0.385. The monoisotopic (exact) mass is 377 g/mol. The largest absolute Gasteiger partial charge is 0.416 e. The molecule has 2 aromatic rings. The zero-order valence-electron chi connectivity index (χ0n) is 16.0. The van der Waals surface area contributed by atoms with Gasteiger partial charge in [0.1, 0.15) is 12.7 Å². The molecule has 4 nitrogen and oxygen atoms in total. The van der Waals surface area contributed by atoms with E-state index in [1.807, 2.05) is 0 Å². The Morgan fingerprint density at radius 1 is 1.39 bits per heavy atom. The fourth-order valence-corrected chi connectivity index (χ4v) is 1.88. The number of ether oxygens (including phenoxy) is 1. The van der Waals surface area contributed by atoms with Gasteiger partial charge in [0.2, 0.25) is 0 Å². The molecule has 0 aliphatic rings. The highest BCUT2D eigenvalue weighted by atomic mass is 35.5. The van der Waals surface area contributed by atoms with Crippen LogP contribution in [0.3, 0.4) is 0 Å². The number of hydrogen-bond acceptors (Lipinski definition) is 3. The Labute approximate surface area is 146 Å². The normalized spacial score (nSPS) is 19.3. The van der Waals surface area contributed by atoms with E-state index in [4.69, 9.17) is 30.1 Å². The van der Waals surface area contributed by atoms with E-state index in [1.165, 1.54) is 0 Å². The van der Waals surface area contributed by atoms with Gasteiger partial charge in [0.05, 0.1) is 18.5 Å². The highest BCUT2D eigenvalue weighted by Crippen LogP contribution is 2.32. The second-order valence-electron chi connectivity index (χ2n) is 4.02. The number of hydrogen-bond donors (Lipinski definition) is 0. The van der Waals surface area contributed by atoms with Crippen molar-refractivity contribution in [3.8, 4) is 0 Å². The highest BCUT2D eigenvalue weighted by molar-refractivity contribution is 6.35. The third kappa shape index (κ3) is 4.79. The van der Waals surface area contributed by atoms with Crippen molar-refractivity contribution < 1.29 is 29.2 Å². The standard InChI is InChI=1S/C13H11Cl2F4N3O/c14-9-1-2-10(11(15)3-9)8(4-22-7-20-6-21-22)5-23-13(18,19)12(16)17/h1-3,6-8,12H,4-5H2/i4+1D2,5D2,8D. The summed E-state index contributed by atoms with van der Waals surface area (Å²) in [5.41, 5.74) is -0.700. The van der Waals surface area contributed by atoms with E-state index in [2.05, 4.69) is 14.8 Å². The Kier molecular flexibility index (Phi) is 3.91. The van der Waals surface area contributed by atoms with Crippen molar-refractivity contribution in [3.63, 3.8) is 0 Å². The first-order valence-electron chi connectivity index (χ1n) is 8.33. The van der Waals surface area contributed by atoms with Crippen LogP contribution in [0.4, 0.5) is 17.6 Å². The Morgan fingerprint density at radius 3 is 2.70 bits per heavy atom. The van der Waals surface area contributed by atoms with E-state index in [-0.39, 0.29) is 5.02 Å². The van der Waals surface area contributed by atoms with Gasteiger partial charge in [-0.1, -0.05) is 29.3 Å². The maximum absolute atomic E-state index is 13.5. The summed E-state index contributed by atoms with van der Waals surface area (Å²) in [6, 6.07) is 2.99. The molecule has 0 aliphatic heterocycles. The Hall–Kier alpha value is -1.38. The number of halogens is 6. The number of rotatable bonds is 7. The lowest BCUT2D eigenvalue weighted by molar-refractivity contribution is -0.302. The molecule has 0 saturated heterocycles. The van der Waals surface area contributed by atoms with Gasteiger partial charge in [-0.05, 0) is 17.7 Å². The molecule has 0 fully saturated rings. The topological polar surface area (TPSA) is 39.9 Å². The molecule has 0 bridgehead atoms. The molecular formula is C13H11Cl2F4N3O. The van der Waals surface area contributed by atoms with Crippen molar-refractivity contribution in [1.29, 1.82) is 0 Å². The van der Waals surface area contributed by atoms with Gasteiger partial charge in [0.25, 0.3) is 0 Å². The van der Waals surface area contributed by atoms with E-state index in [1.54, 1.807) is 0 Å². The third-order valence-electron chi connectivity index (χ3n) is 2.39.